The molecule has 37 heavy (non-hydrogen) atoms. The first-order valence-corrected chi connectivity index (χ1v) is 12.0. The molecule has 0 aromatic heterocycles. The highest BCUT2D eigenvalue weighted by molar-refractivity contribution is 6.30. The summed E-state index contributed by atoms with van der Waals surface area (Å²) in [6.07, 6.45) is 0.632. The van der Waals surface area contributed by atoms with Gasteiger partial charge in [-0.1, -0.05) is 48.0 Å². The number of carbonyl (C=O) groups excluding carboxylic acids is 2. The molecule has 188 valence electrons. The number of nitrogens with one attached hydrogen (secondary N) is 1. The lowest BCUT2D eigenvalue weighted by Gasteiger charge is -2.13. The summed E-state index contributed by atoms with van der Waals surface area (Å²) in [5, 5.41) is 6.34. The highest BCUT2D eigenvalue weighted by Gasteiger charge is 2.16. The van der Waals surface area contributed by atoms with Crippen LogP contribution in [0.2, 0.25) is 5.02 Å². The van der Waals surface area contributed by atoms with Gasteiger partial charge in [0.2, 0.25) is 0 Å². The minimum Gasteiger partial charge on any atom is -0.494 e. The normalized spacial score (nSPS) is 11.8. The topological polar surface area (TPSA) is 86.2 Å². The van der Waals surface area contributed by atoms with E-state index in [0.29, 0.717) is 40.0 Å². The van der Waals surface area contributed by atoms with Gasteiger partial charge in [-0.2, -0.15) is 5.10 Å². The summed E-state index contributed by atoms with van der Waals surface area (Å²) < 4.78 is 16.8. The van der Waals surface area contributed by atoms with E-state index in [4.69, 9.17) is 25.8 Å². The Morgan fingerprint density at radius 1 is 0.973 bits per heavy atom. The van der Waals surface area contributed by atoms with Gasteiger partial charge in [-0.15, -0.1) is 0 Å². The van der Waals surface area contributed by atoms with E-state index in [2.05, 4.69) is 10.5 Å². The SMILES string of the molecule is CCOc1ccc(C(=O)Oc2ccc3ccccc3c2/C=N\NC(=O)[C@@H](C)Oc2cccc(Cl)c2)cc1. The fourth-order valence-corrected chi connectivity index (χ4v) is 3.74. The second-order valence-corrected chi connectivity index (χ2v) is 8.43. The summed E-state index contributed by atoms with van der Waals surface area (Å²) in [7, 11) is 0. The van der Waals surface area contributed by atoms with Crippen molar-refractivity contribution in [2.75, 3.05) is 6.61 Å². The fraction of sp³-hybridized carbons (Fsp3) is 0.138. The van der Waals surface area contributed by atoms with Crippen LogP contribution < -0.4 is 19.6 Å². The minimum absolute atomic E-state index is 0.304. The van der Waals surface area contributed by atoms with Crippen molar-refractivity contribution in [1.82, 2.24) is 5.43 Å². The van der Waals surface area contributed by atoms with Crippen LogP contribution in [0.4, 0.5) is 0 Å². The molecule has 1 amide bonds. The number of hydrogen-bond donors (Lipinski definition) is 1. The fourth-order valence-electron chi connectivity index (χ4n) is 3.56. The Hall–Kier alpha value is -4.36. The Morgan fingerprint density at radius 2 is 1.76 bits per heavy atom. The second kappa shape index (κ2) is 12.1. The average Bonchev–Trinajstić information content (AvgIpc) is 2.90. The third kappa shape index (κ3) is 6.65. The summed E-state index contributed by atoms with van der Waals surface area (Å²) in [5.74, 6) is 0.460. The zero-order valence-corrected chi connectivity index (χ0v) is 21.1. The van der Waals surface area contributed by atoms with Crippen molar-refractivity contribution in [2.45, 2.75) is 20.0 Å². The number of rotatable bonds is 9. The molecule has 1 atom stereocenters. The highest BCUT2D eigenvalue weighted by Crippen LogP contribution is 2.28. The first kappa shape index (κ1) is 25.7. The van der Waals surface area contributed by atoms with Crippen molar-refractivity contribution >= 4 is 40.5 Å². The molecule has 0 saturated heterocycles. The van der Waals surface area contributed by atoms with Gasteiger partial charge in [-0.25, -0.2) is 10.2 Å². The molecule has 0 spiro atoms. The Balaban J connectivity index is 1.51. The molecular weight excluding hydrogens is 492 g/mol. The van der Waals surface area contributed by atoms with Crippen LogP contribution in [0.15, 0.2) is 90.0 Å². The predicted molar refractivity (Wildman–Crippen MR) is 144 cm³/mol. The van der Waals surface area contributed by atoms with Gasteiger partial charge in [0.25, 0.3) is 5.91 Å². The largest absolute Gasteiger partial charge is 0.494 e. The lowest BCUT2D eigenvalue weighted by molar-refractivity contribution is -0.127. The van der Waals surface area contributed by atoms with Crippen LogP contribution in [0.25, 0.3) is 10.8 Å². The third-order valence-electron chi connectivity index (χ3n) is 5.38. The summed E-state index contributed by atoms with van der Waals surface area (Å²) in [6, 6.07) is 24.6. The van der Waals surface area contributed by atoms with Crippen LogP contribution in [0.1, 0.15) is 29.8 Å². The van der Waals surface area contributed by atoms with Gasteiger partial charge in [-0.05, 0) is 73.2 Å². The number of carbonyl (C=O) groups is 2. The predicted octanol–water partition coefficient (Wildman–Crippen LogP) is 6.03. The molecule has 1 N–H and O–H groups in total. The Morgan fingerprint density at radius 3 is 2.51 bits per heavy atom. The molecule has 0 aliphatic carbocycles. The summed E-state index contributed by atoms with van der Waals surface area (Å²) >= 11 is 5.97. The maximum Gasteiger partial charge on any atom is 0.343 e. The molecule has 0 saturated carbocycles. The third-order valence-corrected chi connectivity index (χ3v) is 5.62. The maximum atomic E-state index is 12.8. The van der Waals surface area contributed by atoms with Crippen molar-refractivity contribution in [3.63, 3.8) is 0 Å². The summed E-state index contributed by atoms with van der Waals surface area (Å²) in [5.41, 5.74) is 3.40. The molecule has 8 heteroatoms. The van der Waals surface area contributed by atoms with Gasteiger partial charge < -0.3 is 14.2 Å². The number of halogens is 1. The van der Waals surface area contributed by atoms with Crippen molar-refractivity contribution in [2.24, 2.45) is 5.10 Å². The number of fused-ring (bicyclic) bond motifs is 1. The van der Waals surface area contributed by atoms with Crippen molar-refractivity contribution in [3.8, 4) is 17.2 Å². The number of hydrogen-bond acceptors (Lipinski definition) is 6. The van der Waals surface area contributed by atoms with Gasteiger partial charge in [-0.3, -0.25) is 4.79 Å². The van der Waals surface area contributed by atoms with E-state index in [1.54, 1.807) is 61.5 Å². The molecule has 4 rings (SSSR count). The van der Waals surface area contributed by atoms with Crippen LogP contribution in [-0.4, -0.2) is 30.8 Å². The first-order chi connectivity index (χ1) is 17.9. The highest BCUT2D eigenvalue weighted by atomic mass is 35.5. The van der Waals surface area contributed by atoms with Gasteiger partial charge >= 0.3 is 5.97 Å². The molecular formula is C29H25ClN2O5. The summed E-state index contributed by atoms with van der Waals surface area (Å²) in [4.78, 5) is 25.4. The number of esters is 1. The van der Waals surface area contributed by atoms with E-state index in [9.17, 15) is 9.59 Å². The van der Waals surface area contributed by atoms with E-state index in [0.717, 1.165) is 10.8 Å². The molecule has 0 aliphatic rings. The van der Waals surface area contributed by atoms with Crippen LogP contribution >= 0.6 is 11.6 Å². The molecule has 0 fully saturated rings. The number of ether oxygens (including phenoxy) is 3. The van der Waals surface area contributed by atoms with E-state index in [1.165, 1.54) is 6.21 Å². The van der Waals surface area contributed by atoms with E-state index in [-0.39, 0.29) is 0 Å². The Kier molecular flexibility index (Phi) is 8.38. The molecule has 0 radical (unpaired) electrons. The number of nitrogens with zero attached hydrogens (tertiary/aromatic N) is 1. The molecule has 4 aromatic carbocycles. The lowest BCUT2D eigenvalue weighted by Crippen LogP contribution is -2.33. The molecule has 0 bridgehead atoms. The Labute approximate surface area is 219 Å². The van der Waals surface area contributed by atoms with Crippen LogP contribution in [0, 0.1) is 0 Å². The van der Waals surface area contributed by atoms with Gasteiger partial charge in [0.05, 0.1) is 18.4 Å². The van der Waals surface area contributed by atoms with E-state index >= 15 is 0 Å². The maximum absolute atomic E-state index is 12.8. The van der Waals surface area contributed by atoms with Crippen molar-refractivity contribution in [3.05, 3.63) is 101 Å². The Bertz CT molecular complexity index is 1440. The molecule has 0 aliphatic heterocycles. The molecule has 7 nitrogen and oxygen atoms in total. The molecule has 0 unspecified atom stereocenters. The van der Waals surface area contributed by atoms with E-state index < -0.39 is 18.0 Å². The number of hydrazone groups is 1. The minimum atomic E-state index is -0.819. The zero-order valence-electron chi connectivity index (χ0n) is 20.3. The van der Waals surface area contributed by atoms with Crippen LogP contribution in [-0.2, 0) is 4.79 Å². The van der Waals surface area contributed by atoms with Crippen LogP contribution in [0.5, 0.6) is 17.2 Å². The molecule has 4 aromatic rings. The first-order valence-electron chi connectivity index (χ1n) is 11.7. The smallest absolute Gasteiger partial charge is 0.343 e. The monoisotopic (exact) mass is 516 g/mol. The lowest BCUT2D eigenvalue weighted by atomic mass is 10.0. The van der Waals surface area contributed by atoms with Crippen LogP contribution in [0.3, 0.4) is 0 Å². The summed E-state index contributed by atoms with van der Waals surface area (Å²) in [6.45, 7) is 4.03. The van der Waals surface area contributed by atoms with Gasteiger partial charge in [0.15, 0.2) is 6.10 Å². The van der Waals surface area contributed by atoms with Crippen molar-refractivity contribution in [1.29, 1.82) is 0 Å². The second-order valence-electron chi connectivity index (χ2n) is 8.00. The standard InChI is InChI=1S/C29H25ClN2O5/c1-3-35-23-14-11-21(12-15-23)29(34)37-27-16-13-20-7-4-5-10-25(20)26(27)18-31-32-28(33)19(2)36-24-9-6-8-22(30)17-24/h4-19H,3H2,1-2H3,(H,32,33)/b31-18-/t19-/m1/s1. The van der Waals surface area contributed by atoms with Gasteiger partial charge in [0, 0.05) is 10.6 Å². The quantitative estimate of drug-likeness (QED) is 0.127. The van der Waals surface area contributed by atoms with E-state index in [1.807, 2.05) is 37.3 Å². The average molecular weight is 517 g/mol. The van der Waals surface area contributed by atoms with Gasteiger partial charge in [0.1, 0.15) is 17.2 Å². The number of benzene rings is 4. The number of amides is 1. The zero-order chi connectivity index (χ0) is 26.2. The van der Waals surface area contributed by atoms with Crippen molar-refractivity contribution < 1.29 is 23.8 Å². The molecule has 0 heterocycles.